The van der Waals surface area contributed by atoms with Crippen molar-refractivity contribution in [3.63, 3.8) is 0 Å². The first-order valence-electron chi connectivity index (χ1n) is 9.81. The van der Waals surface area contributed by atoms with Crippen LogP contribution < -0.4 is 5.32 Å². The Labute approximate surface area is 209 Å². The molecule has 0 aromatic heterocycles. The van der Waals surface area contributed by atoms with Gasteiger partial charge in [-0.1, -0.05) is 34.4 Å². The average Bonchev–Trinajstić information content (AvgIpc) is 3.22. The third-order valence-corrected chi connectivity index (χ3v) is 5.57. The van der Waals surface area contributed by atoms with Crippen LogP contribution in [-0.2, 0) is 10.4 Å². The number of amides is 3. The lowest BCUT2D eigenvalue weighted by molar-refractivity contribution is -0.275. The summed E-state index contributed by atoms with van der Waals surface area (Å²) in [6.45, 7) is -0.449. The Morgan fingerprint density at radius 1 is 1.11 bits per heavy atom. The fraction of sp³-hybridized carbons (Fsp3) is 0.286. The minimum absolute atomic E-state index is 0.0512. The van der Waals surface area contributed by atoms with E-state index < -0.39 is 47.9 Å². The van der Waals surface area contributed by atoms with Gasteiger partial charge in [-0.2, -0.15) is 26.3 Å². The topological polar surface area (TPSA) is 91.2 Å². The second-order valence-corrected chi connectivity index (χ2v) is 8.58. The third-order valence-electron chi connectivity index (χ3n) is 5.13. The van der Waals surface area contributed by atoms with E-state index >= 15 is 0 Å². The number of carbonyl (C=O) groups excluding carboxylic acids is 2. The minimum Gasteiger partial charge on any atom is -0.374 e. The molecule has 3 amide bonds. The van der Waals surface area contributed by atoms with Crippen LogP contribution >= 0.6 is 23.2 Å². The molecule has 3 rings (SSSR count). The molecule has 194 valence electrons. The standard InChI is InChI=1S/C21H15Cl2F6N3O4/c1-10-4-11(2-3-15(10)17(33)32(35)18(34)30-9-20(24,25)26)16-8-19(36-31-16,21(27,28)29)12-5-13(22)7-14(23)6-12/h2-7,35H,8-9H2,1H3,(H,30,34). The van der Waals surface area contributed by atoms with E-state index in [1.807, 2.05) is 0 Å². The molecule has 15 heteroatoms. The van der Waals surface area contributed by atoms with Gasteiger partial charge >= 0.3 is 18.4 Å². The van der Waals surface area contributed by atoms with Gasteiger partial charge in [0.05, 0.1) is 5.71 Å². The van der Waals surface area contributed by atoms with Gasteiger partial charge < -0.3 is 10.2 Å². The lowest BCUT2D eigenvalue weighted by Gasteiger charge is -2.29. The SMILES string of the molecule is Cc1cc(C2=NOC(c3cc(Cl)cc(Cl)c3)(C(F)(F)F)C2)ccc1C(=O)N(O)C(=O)NCC(F)(F)F. The van der Waals surface area contributed by atoms with Crippen molar-refractivity contribution in [1.82, 2.24) is 10.4 Å². The monoisotopic (exact) mass is 557 g/mol. The molecule has 0 radical (unpaired) electrons. The summed E-state index contributed by atoms with van der Waals surface area (Å²) >= 11 is 11.7. The number of halogens is 8. The highest BCUT2D eigenvalue weighted by Gasteiger charge is 2.62. The summed E-state index contributed by atoms with van der Waals surface area (Å²) in [5.41, 5.74) is -3.51. The number of hydroxylamine groups is 2. The Balaban J connectivity index is 1.84. The molecular formula is C21H15Cl2F6N3O4. The maximum atomic E-state index is 14.1. The van der Waals surface area contributed by atoms with Gasteiger partial charge in [-0.15, -0.1) is 5.06 Å². The molecule has 0 saturated heterocycles. The van der Waals surface area contributed by atoms with Crippen molar-refractivity contribution in [2.75, 3.05) is 6.54 Å². The van der Waals surface area contributed by atoms with Gasteiger partial charge in [-0.05, 0) is 48.4 Å². The molecule has 2 aromatic carbocycles. The molecular weight excluding hydrogens is 543 g/mol. The van der Waals surface area contributed by atoms with E-state index in [2.05, 4.69) is 5.16 Å². The van der Waals surface area contributed by atoms with Crippen molar-refractivity contribution in [2.45, 2.75) is 31.3 Å². The third kappa shape index (κ3) is 5.68. The van der Waals surface area contributed by atoms with Crippen molar-refractivity contribution in [1.29, 1.82) is 0 Å². The fourth-order valence-electron chi connectivity index (χ4n) is 3.39. The van der Waals surface area contributed by atoms with Crippen molar-refractivity contribution in [3.8, 4) is 0 Å². The minimum atomic E-state index is -4.93. The summed E-state index contributed by atoms with van der Waals surface area (Å²) < 4.78 is 79.1. The van der Waals surface area contributed by atoms with Crippen molar-refractivity contribution in [3.05, 3.63) is 68.7 Å². The molecule has 0 aliphatic carbocycles. The van der Waals surface area contributed by atoms with Crippen LogP contribution in [0, 0.1) is 6.92 Å². The van der Waals surface area contributed by atoms with Gasteiger partial charge in [0.15, 0.2) is 0 Å². The highest BCUT2D eigenvalue weighted by Crippen LogP contribution is 2.49. The number of carbonyl (C=O) groups is 2. The van der Waals surface area contributed by atoms with Crippen LogP contribution in [0.1, 0.15) is 33.5 Å². The van der Waals surface area contributed by atoms with Gasteiger partial charge in [0.1, 0.15) is 6.54 Å². The molecule has 1 aliphatic heterocycles. The number of benzene rings is 2. The zero-order chi connectivity index (χ0) is 27.1. The van der Waals surface area contributed by atoms with Crippen molar-refractivity contribution >= 4 is 40.9 Å². The quantitative estimate of drug-likeness (QED) is 0.274. The Morgan fingerprint density at radius 3 is 2.25 bits per heavy atom. The molecule has 0 spiro atoms. The molecule has 2 N–H and O–H groups in total. The van der Waals surface area contributed by atoms with Crippen LogP contribution in [0.4, 0.5) is 31.1 Å². The van der Waals surface area contributed by atoms with E-state index in [1.165, 1.54) is 30.4 Å². The molecule has 1 unspecified atom stereocenters. The molecule has 2 aromatic rings. The van der Waals surface area contributed by atoms with Gasteiger partial charge in [-0.25, -0.2) is 4.79 Å². The smallest absolute Gasteiger partial charge is 0.374 e. The number of alkyl halides is 6. The Kier molecular flexibility index (Phi) is 7.49. The number of urea groups is 1. The van der Waals surface area contributed by atoms with Crippen LogP contribution in [0.25, 0.3) is 0 Å². The van der Waals surface area contributed by atoms with E-state index in [1.54, 1.807) is 0 Å². The zero-order valence-corrected chi connectivity index (χ0v) is 19.5. The first-order valence-corrected chi connectivity index (χ1v) is 10.6. The van der Waals surface area contributed by atoms with Gasteiger partial charge in [0.2, 0.25) is 0 Å². The summed E-state index contributed by atoms with van der Waals surface area (Å²) in [5, 5.41) is 14.0. The second kappa shape index (κ2) is 9.79. The van der Waals surface area contributed by atoms with E-state index in [-0.39, 0.29) is 38.0 Å². The van der Waals surface area contributed by atoms with E-state index in [0.717, 1.165) is 18.2 Å². The molecule has 0 fully saturated rings. The fourth-order valence-corrected chi connectivity index (χ4v) is 3.91. The number of imide groups is 1. The second-order valence-electron chi connectivity index (χ2n) is 7.71. The Bertz CT molecular complexity index is 1210. The summed E-state index contributed by atoms with van der Waals surface area (Å²) in [6, 6.07) is 5.12. The highest BCUT2D eigenvalue weighted by atomic mass is 35.5. The molecule has 36 heavy (non-hydrogen) atoms. The normalized spacial score (nSPS) is 17.9. The lowest BCUT2D eigenvalue weighted by atomic mass is 9.86. The summed E-state index contributed by atoms with van der Waals surface area (Å²) in [5.74, 6) is -1.36. The Hall–Kier alpha value is -3.03. The van der Waals surface area contributed by atoms with E-state index in [9.17, 15) is 41.1 Å². The van der Waals surface area contributed by atoms with Crippen LogP contribution in [0.3, 0.4) is 0 Å². The first-order chi connectivity index (χ1) is 16.5. The summed E-state index contributed by atoms with van der Waals surface area (Å²) in [6.07, 6.45) is -10.5. The number of hydrogen-bond acceptors (Lipinski definition) is 5. The van der Waals surface area contributed by atoms with Crippen LogP contribution in [-0.4, -0.2) is 46.8 Å². The van der Waals surface area contributed by atoms with Gasteiger partial charge in [0.25, 0.3) is 11.5 Å². The van der Waals surface area contributed by atoms with E-state index in [4.69, 9.17) is 28.0 Å². The first kappa shape index (κ1) is 27.6. The summed E-state index contributed by atoms with van der Waals surface area (Å²) in [4.78, 5) is 28.9. The van der Waals surface area contributed by atoms with Crippen LogP contribution in [0.15, 0.2) is 41.6 Å². The highest BCUT2D eigenvalue weighted by molar-refractivity contribution is 6.34. The van der Waals surface area contributed by atoms with Crippen LogP contribution in [0.5, 0.6) is 0 Å². The molecule has 0 bridgehead atoms. The lowest BCUT2D eigenvalue weighted by Crippen LogP contribution is -2.45. The van der Waals surface area contributed by atoms with Crippen molar-refractivity contribution < 1.29 is 46.0 Å². The number of aryl methyl sites for hydroxylation is 1. The predicted molar refractivity (Wildman–Crippen MR) is 115 cm³/mol. The predicted octanol–water partition coefficient (Wildman–Crippen LogP) is 5.99. The van der Waals surface area contributed by atoms with Gasteiger partial charge in [0, 0.05) is 27.6 Å². The zero-order valence-electron chi connectivity index (χ0n) is 18.0. The maximum Gasteiger partial charge on any atom is 0.435 e. The Morgan fingerprint density at radius 2 is 1.72 bits per heavy atom. The number of nitrogens with one attached hydrogen (secondary N) is 1. The van der Waals surface area contributed by atoms with E-state index in [0.29, 0.717) is 0 Å². The molecule has 7 nitrogen and oxygen atoms in total. The number of nitrogens with zero attached hydrogens (tertiary/aromatic N) is 2. The summed E-state index contributed by atoms with van der Waals surface area (Å²) in [7, 11) is 0. The average molecular weight is 558 g/mol. The van der Waals surface area contributed by atoms with Crippen molar-refractivity contribution in [2.24, 2.45) is 5.16 Å². The number of oxime groups is 1. The molecule has 1 aliphatic rings. The molecule has 1 heterocycles. The molecule has 1 atom stereocenters. The van der Waals surface area contributed by atoms with Crippen LogP contribution in [0.2, 0.25) is 10.0 Å². The number of rotatable bonds is 4. The maximum absolute atomic E-state index is 14.1. The molecule has 0 saturated carbocycles. The van der Waals surface area contributed by atoms with Gasteiger partial charge in [-0.3, -0.25) is 10.0 Å². The largest absolute Gasteiger partial charge is 0.435 e. The number of hydrogen-bond donors (Lipinski definition) is 2.